The maximum atomic E-state index is 6.26. The van der Waals surface area contributed by atoms with Crippen LogP contribution in [0.4, 0.5) is 0 Å². The van der Waals surface area contributed by atoms with Gasteiger partial charge in [0.05, 0.1) is 33.0 Å². The number of benzene rings is 1. The fourth-order valence-corrected chi connectivity index (χ4v) is 3.48. The van der Waals surface area contributed by atoms with Crippen LogP contribution in [-0.2, 0) is 6.54 Å². The second-order valence-electron chi connectivity index (χ2n) is 4.79. The summed E-state index contributed by atoms with van der Waals surface area (Å²) in [5.41, 5.74) is 1.71. The molecule has 0 aliphatic heterocycles. The Hall–Kier alpha value is -0.810. The molecule has 0 amide bonds. The zero-order valence-corrected chi connectivity index (χ0v) is 14.5. The fourth-order valence-electron chi connectivity index (χ4n) is 2.22. The van der Waals surface area contributed by atoms with Gasteiger partial charge in [-0.15, -0.1) is 22.9 Å². The van der Waals surface area contributed by atoms with Crippen LogP contribution >= 0.6 is 46.1 Å². The quantitative estimate of drug-likeness (QED) is 0.581. The number of nitrogens with zero attached hydrogens (tertiary/aromatic N) is 3. The highest BCUT2D eigenvalue weighted by molar-refractivity contribution is 7.11. The van der Waals surface area contributed by atoms with Gasteiger partial charge in [-0.3, -0.25) is 0 Å². The zero-order chi connectivity index (χ0) is 15.1. The van der Waals surface area contributed by atoms with Crippen molar-refractivity contribution in [2.24, 2.45) is 0 Å². The van der Waals surface area contributed by atoms with Crippen LogP contribution in [0, 0.1) is 6.92 Å². The Morgan fingerprint density at radius 3 is 2.62 bits per heavy atom. The largest absolute Gasteiger partial charge is 0.320 e. The molecule has 0 fully saturated rings. The van der Waals surface area contributed by atoms with E-state index in [0.29, 0.717) is 16.6 Å². The molecule has 0 saturated carbocycles. The number of aromatic nitrogens is 3. The SMILES string of the molecule is Cc1cnc(Cn2c(C(C)Cl)nc3cc(Cl)c(Cl)cc32)s1. The van der Waals surface area contributed by atoms with Crippen LogP contribution in [0.1, 0.15) is 28.0 Å². The van der Waals surface area contributed by atoms with E-state index in [9.17, 15) is 0 Å². The highest BCUT2D eigenvalue weighted by Crippen LogP contribution is 2.31. The first-order valence-electron chi connectivity index (χ1n) is 6.36. The third kappa shape index (κ3) is 2.90. The Morgan fingerprint density at radius 1 is 1.29 bits per heavy atom. The summed E-state index contributed by atoms with van der Waals surface area (Å²) in [6, 6.07) is 3.60. The van der Waals surface area contributed by atoms with Crippen LogP contribution in [0.15, 0.2) is 18.3 Å². The first kappa shape index (κ1) is 15.1. The van der Waals surface area contributed by atoms with Crippen LogP contribution < -0.4 is 0 Å². The van der Waals surface area contributed by atoms with Crippen LogP contribution in [0.3, 0.4) is 0 Å². The van der Waals surface area contributed by atoms with Gasteiger partial charge < -0.3 is 4.57 Å². The summed E-state index contributed by atoms with van der Waals surface area (Å²) in [7, 11) is 0. The van der Waals surface area contributed by atoms with Gasteiger partial charge in [0, 0.05) is 11.1 Å². The fraction of sp³-hybridized carbons (Fsp3) is 0.286. The summed E-state index contributed by atoms with van der Waals surface area (Å²) in [4.78, 5) is 10.2. The Labute approximate surface area is 141 Å². The number of rotatable bonds is 3. The van der Waals surface area contributed by atoms with Crippen molar-refractivity contribution < 1.29 is 0 Å². The molecule has 0 N–H and O–H groups in total. The van der Waals surface area contributed by atoms with Gasteiger partial charge in [-0.25, -0.2) is 9.97 Å². The Bertz CT molecular complexity index is 807. The lowest BCUT2D eigenvalue weighted by Crippen LogP contribution is -2.05. The van der Waals surface area contributed by atoms with Crippen LogP contribution in [-0.4, -0.2) is 14.5 Å². The number of hydrogen-bond donors (Lipinski definition) is 0. The van der Waals surface area contributed by atoms with Gasteiger partial charge in [-0.05, 0) is 26.0 Å². The molecule has 0 saturated heterocycles. The molecule has 0 aliphatic carbocycles. The van der Waals surface area contributed by atoms with Gasteiger partial charge in [0.15, 0.2) is 0 Å². The minimum Gasteiger partial charge on any atom is -0.320 e. The Morgan fingerprint density at radius 2 is 2.00 bits per heavy atom. The molecule has 0 spiro atoms. The summed E-state index contributed by atoms with van der Waals surface area (Å²) < 4.78 is 2.05. The molecule has 110 valence electrons. The number of thiazole rings is 1. The summed E-state index contributed by atoms with van der Waals surface area (Å²) in [6.45, 7) is 4.56. The molecular formula is C14H12Cl3N3S. The van der Waals surface area contributed by atoms with Gasteiger partial charge in [0.2, 0.25) is 0 Å². The van der Waals surface area contributed by atoms with E-state index in [1.54, 1.807) is 17.4 Å². The second-order valence-corrected chi connectivity index (χ2v) is 7.58. The molecule has 0 aliphatic rings. The summed E-state index contributed by atoms with van der Waals surface area (Å²) in [5.74, 6) is 0.790. The lowest BCUT2D eigenvalue weighted by molar-refractivity contribution is 0.738. The van der Waals surface area contributed by atoms with Crippen LogP contribution in [0.25, 0.3) is 11.0 Å². The number of alkyl halides is 1. The number of fused-ring (bicyclic) bond motifs is 1. The molecule has 2 heterocycles. The van der Waals surface area contributed by atoms with E-state index >= 15 is 0 Å². The van der Waals surface area contributed by atoms with Crippen LogP contribution in [0.2, 0.25) is 10.0 Å². The van der Waals surface area contributed by atoms with Crippen molar-refractivity contribution in [3.05, 3.63) is 44.1 Å². The normalized spacial score (nSPS) is 13.0. The topological polar surface area (TPSA) is 30.7 Å². The number of imidazole rings is 1. The van der Waals surface area contributed by atoms with Gasteiger partial charge in [0.1, 0.15) is 10.8 Å². The van der Waals surface area contributed by atoms with Gasteiger partial charge in [-0.1, -0.05) is 23.2 Å². The van der Waals surface area contributed by atoms with Crippen molar-refractivity contribution in [1.29, 1.82) is 0 Å². The lowest BCUT2D eigenvalue weighted by atomic mass is 10.3. The number of aryl methyl sites for hydroxylation is 1. The summed E-state index contributed by atoms with van der Waals surface area (Å²) >= 11 is 20.1. The van der Waals surface area contributed by atoms with E-state index in [1.165, 1.54) is 4.88 Å². The van der Waals surface area contributed by atoms with Crippen molar-refractivity contribution in [1.82, 2.24) is 14.5 Å². The van der Waals surface area contributed by atoms with Crippen molar-refractivity contribution >= 4 is 57.2 Å². The van der Waals surface area contributed by atoms with E-state index in [0.717, 1.165) is 21.9 Å². The van der Waals surface area contributed by atoms with Gasteiger partial charge in [-0.2, -0.15) is 0 Å². The smallest absolute Gasteiger partial charge is 0.128 e. The predicted octanol–water partition coefficient (Wildman–Crippen LogP) is 5.46. The first-order chi connectivity index (χ1) is 9.95. The van der Waals surface area contributed by atoms with Crippen molar-refractivity contribution in [2.75, 3.05) is 0 Å². The lowest BCUT2D eigenvalue weighted by Gasteiger charge is -2.09. The average molecular weight is 361 g/mol. The van der Waals surface area contributed by atoms with E-state index in [2.05, 4.69) is 9.97 Å². The molecule has 3 aromatic rings. The maximum absolute atomic E-state index is 6.26. The van der Waals surface area contributed by atoms with Crippen molar-refractivity contribution in [2.45, 2.75) is 25.8 Å². The standard InChI is InChI=1S/C14H12Cl3N3S/c1-7-5-18-13(21-7)6-20-12-4-10(17)9(16)3-11(12)19-14(20)8(2)15/h3-5,8H,6H2,1-2H3. The molecule has 1 unspecified atom stereocenters. The summed E-state index contributed by atoms with van der Waals surface area (Å²) in [6.07, 6.45) is 1.87. The van der Waals surface area contributed by atoms with E-state index < -0.39 is 0 Å². The van der Waals surface area contributed by atoms with E-state index in [1.807, 2.05) is 30.7 Å². The molecule has 21 heavy (non-hydrogen) atoms. The van der Waals surface area contributed by atoms with E-state index in [-0.39, 0.29) is 5.38 Å². The van der Waals surface area contributed by atoms with Gasteiger partial charge in [0.25, 0.3) is 0 Å². The van der Waals surface area contributed by atoms with Crippen LogP contribution in [0.5, 0.6) is 0 Å². The zero-order valence-electron chi connectivity index (χ0n) is 11.4. The Balaban J connectivity index is 2.17. The van der Waals surface area contributed by atoms with E-state index in [4.69, 9.17) is 34.8 Å². The van der Waals surface area contributed by atoms with Crippen molar-refractivity contribution in [3.8, 4) is 0 Å². The highest BCUT2D eigenvalue weighted by atomic mass is 35.5. The second kappa shape index (κ2) is 5.76. The number of hydrogen-bond acceptors (Lipinski definition) is 3. The highest BCUT2D eigenvalue weighted by Gasteiger charge is 2.17. The third-order valence-electron chi connectivity index (χ3n) is 3.14. The summed E-state index contributed by atoms with van der Waals surface area (Å²) in [5, 5.41) is 1.80. The maximum Gasteiger partial charge on any atom is 0.128 e. The molecule has 1 aromatic carbocycles. The molecule has 3 rings (SSSR count). The van der Waals surface area contributed by atoms with Gasteiger partial charge >= 0.3 is 0 Å². The molecule has 0 radical (unpaired) electrons. The Kier molecular flexibility index (Phi) is 4.14. The minimum atomic E-state index is -0.212. The number of halogens is 3. The molecule has 7 heteroatoms. The molecule has 2 aromatic heterocycles. The monoisotopic (exact) mass is 359 g/mol. The first-order valence-corrected chi connectivity index (χ1v) is 8.37. The predicted molar refractivity (Wildman–Crippen MR) is 90.0 cm³/mol. The molecule has 3 nitrogen and oxygen atoms in total. The molecule has 0 bridgehead atoms. The average Bonchev–Trinajstić information content (AvgIpc) is 2.96. The molecular weight excluding hydrogens is 349 g/mol. The third-order valence-corrected chi connectivity index (χ3v) is 4.95. The molecule has 1 atom stereocenters. The minimum absolute atomic E-state index is 0.212. The van der Waals surface area contributed by atoms with Crippen molar-refractivity contribution in [3.63, 3.8) is 0 Å².